The summed E-state index contributed by atoms with van der Waals surface area (Å²) in [6.07, 6.45) is -4.73. The third kappa shape index (κ3) is 4.20. The molecule has 2 aliphatic rings. The fraction of sp³-hybridized carbons (Fsp3) is 0.688. The lowest BCUT2D eigenvalue weighted by Crippen LogP contribution is -2.44. The molecule has 1 unspecified atom stereocenters. The van der Waals surface area contributed by atoms with Crippen LogP contribution in [0, 0.1) is 0 Å². The highest BCUT2D eigenvalue weighted by Gasteiger charge is 2.45. The van der Waals surface area contributed by atoms with E-state index in [2.05, 4.69) is 25.6 Å². The van der Waals surface area contributed by atoms with Crippen LogP contribution in [-0.2, 0) is 0 Å². The van der Waals surface area contributed by atoms with Gasteiger partial charge in [0.1, 0.15) is 11.9 Å². The normalized spacial score (nSPS) is 26.8. The molecule has 0 amide bonds. The lowest BCUT2D eigenvalue weighted by molar-refractivity contribution is -0.0794. The summed E-state index contributed by atoms with van der Waals surface area (Å²) in [4.78, 5) is 12.4. The zero-order valence-corrected chi connectivity index (χ0v) is 14.0. The molecule has 3 N–H and O–H groups in total. The third-order valence-corrected chi connectivity index (χ3v) is 3.99. The quantitative estimate of drug-likeness (QED) is 0.749. The van der Waals surface area contributed by atoms with Crippen molar-refractivity contribution in [2.75, 3.05) is 10.6 Å². The Morgan fingerprint density at radius 1 is 1.24 bits per heavy atom. The molecule has 0 bridgehead atoms. The van der Waals surface area contributed by atoms with Crippen molar-refractivity contribution < 1.29 is 21.0 Å². The number of aliphatic hydroxyl groups excluding tert-OH is 1. The number of hydrogen-bond acceptors (Lipinski definition) is 6. The summed E-state index contributed by atoms with van der Waals surface area (Å²) in [6.45, 7) is 3.70. The number of allylic oxidation sites excluding steroid dienone is 1. The Labute approximate surface area is 146 Å². The largest absolute Gasteiger partial charge is 0.386 e. The van der Waals surface area contributed by atoms with E-state index < -0.39 is 30.3 Å². The van der Waals surface area contributed by atoms with E-state index in [1.807, 2.05) is 13.8 Å². The van der Waals surface area contributed by atoms with Crippen LogP contribution in [0.4, 0.5) is 25.1 Å². The van der Waals surface area contributed by atoms with Crippen molar-refractivity contribution in [1.82, 2.24) is 15.0 Å². The molecule has 1 saturated carbocycles. The molecule has 1 aromatic heterocycles. The van der Waals surface area contributed by atoms with Gasteiger partial charge in [-0.2, -0.15) is 15.0 Å². The first kappa shape index (κ1) is 15.4. The van der Waals surface area contributed by atoms with Crippen LogP contribution in [-0.4, -0.2) is 44.2 Å². The van der Waals surface area contributed by atoms with Gasteiger partial charge in [-0.05, 0) is 33.1 Å². The topological polar surface area (TPSA) is 83.0 Å². The molecule has 3 rings (SSSR count). The molecule has 6 nitrogen and oxygen atoms in total. The first-order valence-corrected chi connectivity index (χ1v) is 8.21. The molecule has 1 heterocycles. The van der Waals surface area contributed by atoms with Crippen LogP contribution in [0.1, 0.15) is 54.5 Å². The van der Waals surface area contributed by atoms with Crippen molar-refractivity contribution in [3.8, 4) is 0 Å². The van der Waals surface area contributed by atoms with E-state index in [1.165, 1.54) is 0 Å². The molecule has 0 radical (unpaired) electrons. The number of rotatable bonds is 5. The summed E-state index contributed by atoms with van der Waals surface area (Å²) in [7, 11) is 0. The molecule has 1 fully saturated rings. The highest BCUT2D eigenvalue weighted by Crippen LogP contribution is 2.39. The molecule has 0 aliphatic heterocycles. The summed E-state index contributed by atoms with van der Waals surface area (Å²) < 4.78 is 55.9. The molecular formula is C16H22F3N5O. The van der Waals surface area contributed by atoms with Gasteiger partial charge in [0, 0.05) is 33.2 Å². The van der Waals surface area contributed by atoms with Crippen molar-refractivity contribution in [2.45, 2.75) is 70.0 Å². The third-order valence-electron chi connectivity index (χ3n) is 3.99. The Bertz CT molecular complexity index is 752. The summed E-state index contributed by atoms with van der Waals surface area (Å²) >= 11 is 0. The fourth-order valence-corrected chi connectivity index (χ4v) is 2.77. The van der Waals surface area contributed by atoms with E-state index in [4.69, 9.17) is 2.74 Å². The Hall–Kier alpha value is -1.90. The molecule has 9 heteroatoms. The van der Waals surface area contributed by atoms with Crippen molar-refractivity contribution >= 4 is 17.5 Å². The van der Waals surface area contributed by atoms with Gasteiger partial charge in [0.2, 0.25) is 11.9 Å². The summed E-state index contributed by atoms with van der Waals surface area (Å²) in [6, 6.07) is -0.530. The van der Waals surface area contributed by atoms with Gasteiger partial charge < -0.3 is 15.7 Å². The Morgan fingerprint density at radius 3 is 2.56 bits per heavy atom. The second kappa shape index (κ2) is 6.78. The van der Waals surface area contributed by atoms with Gasteiger partial charge >= 0.3 is 0 Å². The Kier molecular flexibility index (Phi) is 4.17. The van der Waals surface area contributed by atoms with Crippen LogP contribution in [0.25, 0.3) is 5.57 Å². The van der Waals surface area contributed by atoms with Crippen LogP contribution in [0.3, 0.4) is 0 Å². The number of nitrogens with one attached hydrogen (secondary N) is 2. The molecule has 25 heavy (non-hydrogen) atoms. The minimum absolute atomic E-state index is 0.00195. The Morgan fingerprint density at radius 2 is 1.92 bits per heavy atom. The highest BCUT2D eigenvalue weighted by molar-refractivity contribution is 5.65. The summed E-state index contributed by atoms with van der Waals surface area (Å²) in [5, 5.41) is 15.6. The van der Waals surface area contributed by atoms with Gasteiger partial charge in [-0.15, -0.1) is 0 Å². The monoisotopic (exact) mass is 359 g/mol. The maximum absolute atomic E-state index is 14.5. The molecule has 0 saturated heterocycles. The minimum atomic E-state index is -2.71. The standard InChI is InChI=1S/C16H22F3N5O/c1-8(2)20-14-22-13(10-4-3-5-11(25)12(10)17)23-15(24-14)21-9-6-16(18,19)7-9/h8-9,11,25H,3-7H2,1-2H3,(H2,20,21,22,23,24)/i5D2. The van der Waals surface area contributed by atoms with E-state index in [1.54, 1.807) is 0 Å². The number of nitrogens with zero attached hydrogens (tertiary/aromatic N) is 3. The van der Waals surface area contributed by atoms with Crippen molar-refractivity contribution in [3.05, 3.63) is 11.7 Å². The molecular weight excluding hydrogens is 335 g/mol. The number of anilines is 2. The van der Waals surface area contributed by atoms with Gasteiger partial charge in [0.05, 0.1) is 0 Å². The first-order chi connectivity index (χ1) is 12.5. The lowest BCUT2D eigenvalue weighted by Gasteiger charge is -2.35. The van der Waals surface area contributed by atoms with E-state index in [0.717, 1.165) is 0 Å². The van der Waals surface area contributed by atoms with Gasteiger partial charge in [0.15, 0.2) is 5.82 Å². The maximum atomic E-state index is 14.5. The highest BCUT2D eigenvalue weighted by atomic mass is 19.3. The average Bonchev–Trinajstić information content (AvgIpc) is 2.50. The van der Waals surface area contributed by atoms with Crippen LogP contribution in [0.2, 0.25) is 0 Å². The average molecular weight is 359 g/mol. The first-order valence-electron chi connectivity index (χ1n) is 9.21. The van der Waals surface area contributed by atoms with E-state index in [9.17, 15) is 18.3 Å². The number of halogens is 3. The van der Waals surface area contributed by atoms with Crippen molar-refractivity contribution in [1.29, 1.82) is 0 Å². The minimum Gasteiger partial charge on any atom is -0.386 e. The van der Waals surface area contributed by atoms with Gasteiger partial charge in [-0.3, -0.25) is 0 Å². The number of alkyl halides is 2. The van der Waals surface area contributed by atoms with Crippen LogP contribution in [0.5, 0.6) is 0 Å². The van der Waals surface area contributed by atoms with Gasteiger partial charge in [0.25, 0.3) is 5.92 Å². The van der Waals surface area contributed by atoms with Crippen LogP contribution < -0.4 is 10.6 Å². The molecule has 0 spiro atoms. The molecule has 0 aromatic carbocycles. The number of aliphatic hydroxyl groups is 1. The van der Waals surface area contributed by atoms with Crippen LogP contribution >= 0.6 is 0 Å². The number of aromatic nitrogens is 3. The predicted octanol–water partition coefficient (Wildman–Crippen LogP) is 3.13. The van der Waals surface area contributed by atoms with E-state index >= 15 is 0 Å². The SMILES string of the molecule is [2H]C1([2H])CCC(c2nc(NC(C)C)nc(NC3CC(F)(F)C3)n2)=C(F)C1O. The maximum Gasteiger partial charge on any atom is 0.252 e. The van der Waals surface area contributed by atoms with Crippen molar-refractivity contribution in [2.24, 2.45) is 0 Å². The second-order valence-corrected chi connectivity index (χ2v) is 6.64. The van der Waals surface area contributed by atoms with Gasteiger partial charge in [-0.1, -0.05) is 0 Å². The molecule has 2 aliphatic carbocycles. The lowest BCUT2D eigenvalue weighted by atomic mass is 9.88. The van der Waals surface area contributed by atoms with Crippen molar-refractivity contribution in [3.63, 3.8) is 0 Å². The second-order valence-electron chi connectivity index (χ2n) is 6.64. The van der Waals surface area contributed by atoms with E-state index in [0.29, 0.717) is 0 Å². The molecule has 138 valence electrons. The molecule has 1 aromatic rings. The number of hydrogen-bond donors (Lipinski definition) is 3. The summed E-state index contributed by atoms with van der Waals surface area (Å²) in [5.74, 6) is -3.60. The predicted molar refractivity (Wildman–Crippen MR) is 88.1 cm³/mol. The smallest absolute Gasteiger partial charge is 0.252 e. The van der Waals surface area contributed by atoms with Crippen LogP contribution in [0.15, 0.2) is 5.83 Å². The summed E-state index contributed by atoms with van der Waals surface area (Å²) in [5.41, 5.74) is -0.00572. The molecule has 1 atom stereocenters. The zero-order valence-electron chi connectivity index (χ0n) is 16.0. The Balaban J connectivity index is 1.92. The fourth-order valence-electron chi connectivity index (χ4n) is 2.77. The zero-order chi connectivity index (χ0) is 20.0. The van der Waals surface area contributed by atoms with Gasteiger partial charge in [-0.25, -0.2) is 13.2 Å². The van der Waals surface area contributed by atoms with E-state index in [-0.39, 0.29) is 55.0 Å².